The van der Waals surface area contributed by atoms with E-state index in [0.717, 1.165) is 23.7 Å². The molecule has 1 atom stereocenters. The van der Waals surface area contributed by atoms with Gasteiger partial charge < -0.3 is 4.57 Å². The first-order chi connectivity index (χ1) is 8.69. The normalized spacial score (nSPS) is 17.3. The van der Waals surface area contributed by atoms with Crippen LogP contribution in [0.15, 0.2) is 18.2 Å². The third kappa shape index (κ3) is 2.12. The molecule has 1 aliphatic rings. The second kappa shape index (κ2) is 4.54. The molecule has 0 N–H and O–H groups in total. The first-order valence-corrected chi connectivity index (χ1v) is 6.95. The van der Waals surface area contributed by atoms with Crippen LogP contribution in [-0.4, -0.2) is 9.55 Å². The van der Waals surface area contributed by atoms with Gasteiger partial charge in [-0.2, -0.15) is 0 Å². The second-order valence-electron chi connectivity index (χ2n) is 5.19. The molecule has 1 aliphatic carbocycles. The van der Waals surface area contributed by atoms with Gasteiger partial charge in [0.2, 0.25) is 0 Å². The summed E-state index contributed by atoms with van der Waals surface area (Å²) in [6.07, 6.45) is 3.83. The van der Waals surface area contributed by atoms with Crippen molar-refractivity contribution < 1.29 is 4.39 Å². The maximum absolute atomic E-state index is 13.2. The van der Waals surface area contributed by atoms with Crippen molar-refractivity contribution in [2.24, 2.45) is 5.92 Å². The Morgan fingerprint density at radius 1 is 1.50 bits per heavy atom. The van der Waals surface area contributed by atoms with Crippen LogP contribution in [0.25, 0.3) is 11.0 Å². The molecular weight excluding hydrogens is 251 g/mol. The molecule has 1 saturated carbocycles. The van der Waals surface area contributed by atoms with Gasteiger partial charge in [-0.15, -0.1) is 11.6 Å². The van der Waals surface area contributed by atoms with E-state index in [0.29, 0.717) is 17.4 Å². The molecule has 0 amide bonds. The van der Waals surface area contributed by atoms with Crippen LogP contribution in [0.5, 0.6) is 0 Å². The molecule has 1 fully saturated rings. The van der Waals surface area contributed by atoms with Crippen LogP contribution in [0.3, 0.4) is 0 Å². The molecule has 1 heterocycles. The number of imidazole rings is 1. The first-order valence-electron chi connectivity index (χ1n) is 6.41. The molecule has 18 heavy (non-hydrogen) atoms. The van der Waals surface area contributed by atoms with E-state index >= 15 is 0 Å². The van der Waals surface area contributed by atoms with Gasteiger partial charge in [0.25, 0.3) is 0 Å². The smallest absolute Gasteiger partial charge is 0.125 e. The van der Waals surface area contributed by atoms with E-state index in [1.807, 2.05) is 0 Å². The van der Waals surface area contributed by atoms with Crippen LogP contribution in [0.2, 0.25) is 0 Å². The molecule has 2 aromatic rings. The number of hydrogen-bond acceptors (Lipinski definition) is 1. The lowest BCUT2D eigenvalue weighted by molar-refractivity contribution is 0.477. The molecule has 1 aromatic carbocycles. The Hall–Kier alpha value is -1.09. The summed E-state index contributed by atoms with van der Waals surface area (Å²) >= 11 is 5.96. The highest BCUT2D eigenvalue weighted by atomic mass is 35.5. The minimum Gasteiger partial charge on any atom is -0.324 e. The average molecular weight is 267 g/mol. The quantitative estimate of drug-likeness (QED) is 0.756. The Labute approximate surface area is 111 Å². The van der Waals surface area contributed by atoms with Gasteiger partial charge in [-0.05, 0) is 31.4 Å². The Morgan fingerprint density at radius 3 is 2.94 bits per heavy atom. The molecule has 3 rings (SSSR count). The number of halogens is 2. The Bertz CT molecular complexity index is 574. The van der Waals surface area contributed by atoms with Gasteiger partial charge in [0.15, 0.2) is 0 Å². The van der Waals surface area contributed by atoms with E-state index in [1.54, 1.807) is 6.07 Å². The van der Waals surface area contributed by atoms with Crippen LogP contribution >= 0.6 is 11.6 Å². The number of benzene rings is 1. The highest BCUT2D eigenvalue weighted by Crippen LogP contribution is 2.38. The lowest BCUT2D eigenvalue weighted by Crippen LogP contribution is -2.09. The van der Waals surface area contributed by atoms with Gasteiger partial charge in [0.05, 0.1) is 16.9 Å². The summed E-state index contributed by atoms with van der Waals surface area (Å²) in [5, 5.41) is 0. The number of rotatable bonds is 4. The molecule has 96 valence electrons. The largest absolute Gasteiger partial charge is 0.324 e. The molecule has 0 spiro atoms. The summed E-state index contributed by atoms with van der Waals surface area (Å²) < 4.78 is 15.4. The van der Waals surface area contributed by atoms with E-state index in [-0.39, 0.29) is 5.82 Å². The molecule has 2 nitrogen and oxygen atoms in total. The molecule has 0 radical (unpaired) electrons. The number of aromatic nitrogens is 2. The number of fused-ring (bicyclic) bond motifs is 1. The zero-order chi connectivity index (χ0) is 12.7. The molecule has 0 saturated heterocycles. The van der Waals surface area contributed by atoms with E-state index in [9.17, 15) is 4.39 Å². The summed E-state index contributed by atoms with van der Waals surface area (Å²) in [5.74, 6) is 1.81. The van der Waals surface area contributed by atoms with Crippen LogP contribution in [0, 0.1) is 11.7 Å². The molecule has 1 unspecified atom stereocenters. The topological polar surface area (TPSA) is 17.8 Å². The van der Waals surface area contributed by atoms with Crippen LogP contribution < -0.4 is 0 Å². The molecule has 1 aromatic heterocycles. The van der Waals surface area contributed by atoms with Crippen molar-refractivity contribution in [3.8, 4) is 0 Å². The van der Waals surface area contributed by atoms with Crippen molar-refractivity contribution >= 4 is 22.6 Å². The van der Waals surface area contributed by atoms with Crippen LogP contribution in [0.4, 0.5) is 4.39 Å². The van der Waals surface area contributed by atoms with Gasteiger partial charge in [-0.1, -0.05) is 12.8 Å². The van der Waals surface area contributed by atoms with E-state index < -0.39 is 0 Å². The van der Waals surface area contributed by atoms with Crippen LogP contribution in [0.1, 0.15) is 38.1 Å². The third-order valence-electron chi connectivity index (χ3n) is 3.66. The zero-order valence-corrected chi connectivity index (χ0v) is 11.1. The maximum Gasteiger partial charge on any atom is 0.125 e. The van der Waals surface area contributed by atoms with Crippen LogP contribution in [-0.2, 0) is 5.88 Å². The molecule has 0 bridgehead atoms. The number of alkyl halides is 1. The van der Waals surface area contributed by atoms with Crippen molar-refractivity contribution in [3.05, 3.63) is 29.8 Å². The third-order valence-corrected chi connectivity index (χ3v) is 3.90. The predicted octanol–water partition coefficient (Wildman–Crippen LogP) is 4.28. The van der Waals surface area contributed by atoms with Crippen molar-refractivity contribution in [1.82, 2.24) is 9.55 Å². The summed E-state index contributed by atoms with van der Waals surface area (Å²) in [6.45, 7) is 2.19. The highest BCUT2D eigenvalue weighted by molar-refractivity contribution is 6.16. The maximum atomic E-state index is 13.2. The minimum absolute atomic E-state index is 0.247. The highest BCUT2D eigenvalue weighted by Gasteiger charge is 2.26. The SMILES string of the molecule is CC(CC1CC1)n1c(CCl)nc2cc(F)ccc21. The van der Waals surface area contributed by atoms with E-state index in [1.165, 1.54) is 25.0 Å². The molecule has 4 heteroatoms. The van der Waals surface area contributed by atoms with Crippen molar-refractivity contribution in [1.29, 1.82) is 0 Å². The first kappa shape index (κ1) is 12.0. The van der Waals surface area contributed by atoms with Gasteiger partial charge in [0.1, 0.15) is 11.6 Å². The fraction of sp³-hybridized carbons (Fsp3) is 0.500. The fourth-order valence-electron chi connectivity index (χ4n) is 2.65. The fourth-order valence-corrected chi connectivity index (χ4v) is 2.84. The van der Waals surface area contributed by atoms with Gasteiger partial charge in [-0.3, -0.25) is 0 Å². The van der Waals surface area contributed by atoms with Crippen molar-refractivity contribution in [2.45, 2.75) is 38.1 Å². The Kier molecular flexibility index (Phi) is 3.02. The average Bonchev–Trinajstić information content (AvgIpc) is 3.07. The Balaban J connectivity index is 2.06. The predicted molar refractivity (Wildman–Crippen MR) is 71.3 cm³/mol. The van der Waals surface area contributed by atoms with E-state index in [4.69, 9.17) is 11.6 Å². The van der Waals surface area contributed by atoms with Gasteiger partial charge in [-0.25, -0.2) is 9.37 Å². The monoisotopic (exact) mass is 266 g/mol. The van der Waals surface area contributed by atoms with Crippen molar-refractivity contribution in [2.75, 3.05) is 0 Å². The molecule has 0 aliphatic heterocycles. The summed E-state index contributed by atoms with van der Waals surface area (Å²) in [4.78, 5) is 4.43. The lowest BCUT2D eigenvalue weighted by atomic mass is 10.1. The van der Waals surface area contributed by atoms with Crippen molar-refractivity contribution in [3.63, 3.8) is 0 Å². The summed E-state index contributed by atoms with van der Waals surface area (Å²) in [7, 11) is 0. The van der Waals surface area contributed by atoms with Gasteiger partial charge in [0, 0.05) is 12.1 Å². The van der Waals surface area contributed by atoms with Gasteiger partial charge >= 0.3 is 0 Å². The second-order valence-corrected chi connectivity index (χ2v) is 5.46. The Morgan fingerprint density at radius 2 is 2.28 bits per heavy atom. The number of nitrogens with zero attached hydrogens (tertiary/aromatic N) is 2. The number of hydrogen-bond donors (Lipinski definition) is 0. The van der Waals surface area contributed by atoms with E-state index in [2.05, 4.69) is 16.5 Å². The standard InChI is InChI=1S/C14H16ClFN2/c1-9(6-10-2-3-10)18-13-5-4-11(16)7-12(13)17-14(18)8-15/h4-5,7,9-10H,2-3,6,8H2,1H3. The summed E-state index contributed by atoms with van der Waals surface area (Å²) in [5.41, 5.74) is 1.69. The minimum atomic E-state index is -0.247. The molecular formula is C14H16ClFN2. The summed E-state index contributed by atoms with van der Waals surface area (Å²) in [6, 6.07) is 5.15. The zero-order valence-electron chi connectivity index (χ0n) is 10.4. The lowest BCUT2D eigenvalue weighted by Gasteiger charge is -2.16.